The summed E-state index contributed by atoms with van der Waals surface area (Å²) in [6.07, 6.45) is -10.1. The van der Waals surface area contributed by atoms with E-state index >= 15 is 0 Å². The molecule has 2 rings (SSSR count). The molecular formula is C16H10F7NO. The Hall–Kier alpha value is -2.58. The van der Waals surface area contributed by atoms with Crippen LogP contribution in [0.5, 0.6) is 0 Å². The normalized spacial score (nSPS) is 12.2. The molecule has 0 spiro atoms. The minimum atomic E-state index is -5.05. The van der Waals surface area contributed by atoms with E-state index in [-0.39, 0.29) is 17.3 Å². The maximum Gasteiger partial charge on any atom is 0.416 e. The van der Waals surface area contributed by atoms with Gasteiger partial charge in [-0.25, -0.2) is 4.39 Å². The Morgan fingerprint density at radius 2 is 1.40 bits per heavy atom. The largest absolute Gasteiger partial charge is 0.416 e. The summed E-state index contributed by atoms with van der Waals surface area (Å²) < 4.78 is 89.8. The van der Waals surface area contributed by atoms with E-state index in [4.69, 9.17) is 0 Å². The van der Waals surface area contributed by atoms with Gasteiger partial charge in [-0.2, -0.15) is 26.3 Å². The van der Waals surface area contributed by atoms with Crippen LogP contribution in [0.25, 0.3) is 0 Å². The van der Waals surface area contributed by atoms with E-state index in [0.717, 1.165) is 18.2 Å². The number of hydrogen-bond acceptors (Lipinski definition) is 1. The second-order valence-electron chi connectivity index (χ2n) is 5.21. The smallest absolute Gasteiger partial charge is 0.322 e. The zero-order chi connectivity index (χ0) is 19.0. The standard InChI is InChI=1S/C16H10F7NO/c1-8-4-12(17)2-3-13(8)24-14(25)9-5-10(15(18,19)20)7-11(6-9)16(21,22)23/h2-7H,1H3,(H,24,25). The molecule has 0 saturated carbocycles. The second-order valence-corrected chi connectivity index (χ2v) is 5.21. The number of aryl methyl sites for hydroxylation is 1. The highest BCUT2D eigenvalue weighted by Crippen LogP contribution is 2.36. The Morgan fingerprint density at radius 3 is 1.84 bits per heavy atom. The molecule has 134 valence electrons. The maximum absolute atomic E-state index is 13.0. The first-order chi connectivity index (χ1) is 11.4. The average molecular weight is 365 g/mol. The zero-order valence-corrected chi connectivity index (χ0v) is 12.5. The third kappa shape index (κ3) is 4.49. The van der Waals surface area contributed by atoms with Crippen molar-refractivity contribution in [2.45, 2.75) is 19.3 Å². The number of carbonyl (C=O) groups excluding carboxylic acids is 1. The molecular weight excluding hydrogens is 355 g/mol. The summed E-state index contributed by atoms with van der Waals surface area (Å²) in [6.45, 7) is 1.42. The summed E-state index contributed by atoms with van der Waals surface area (Å²) >= 11 is 0. The lowest BCUT2D eigenvalue weighted by atomic mass is 10.0. The van der Waals surface area contributed by atoms with E-state index in [1.54, 1.807) is 0 Å². The van der Waals surface area contributed by atoms with Gasteiger partial charge in [0, 0.05) is 11.3 Å². The molecule has 2 aromatic rings. The molecule has 0 unspecified atom stereocenters. The molecule has 0 atom stereocenters. The molecule has 0 fully saturated rings. The van der Waals surface area contributed by atoms with Crippen LogP contribution in [0.3, 0.4) is 0 Å². The van der Waals surface area contributed by atoms with Gasteiger partial charge < -0.3 is 5.32 Å². The summed E-state index contributed by atoms with van der Waals surface area (Å²) in [5.41, 5.74) is -3.67. The van der Waals surface area contributed by atoms with Crippen molar-refractivity contribution in [1.82, 2.24) is 0 Å². The second kappa shape index (κ2) is 6.38. The molecule has 0 bridgehead atoms. The highest BCUT2D eigenvalue weighted by molar-refractivity contribution is 6.04. The van der Waals surface area contributed by atoms with Crippen LogP contribution >= 0.6 is 0 Å². The number of nitrogens with one attached hydrogen (secondary N) is 1. The monoisotopic (exact) mass is 365 g/mol. The van der Waals surface area contributed by atoms with Crippen molar-refractivity contribution in [2.24, 2.45) is 0 Å². The van der Waals surface area contributed by atoms with Gasteiger partial charge in [-0.3, -0.25) is 4.79 Å². The predicted molar refractivity (Wildman–Crippen MR) is 75.5 cm³/mol. The highest BCUT2D eigenvalue weighted by atomic mass is 19.4. The molecule has 0 radical (unpaired) electrons. The van der Waals surface area contributed by atoms with Crippen molar-refractivity contribution in [3.05, 3.63) is 64.5 Å². The zero-order valence-electron chi connectivity index (χ0n) is 12.5. The van der Waals surface area contributed by atoms with Gasteiger partial charge in [-0.1, -0.05) is 0 Å². The Labute approximate surface area is 137 Å². The molecule has 2 nitrogen and oxygen atoms in total. The fraction of sp³-hybridized carbons (Fsp3) is 0.188. The number of hydrogen-bond donors (Lipinski definition) is 1. The maximum atomic E-state index is 13.0. The van der Waals surface area contributed by atoms with E-state index < -0.39 is 40.8 Å². The van der Waals surface area contributed by atoms with Crippen LogP contribution < -0.4 is 5.32 Å². The minimum Gasteiger partial charge on any atom is -0.322 e. The van der Waals surface area contributed by atoms with Gasteiger partial charge in [-0.15, -0.1) is 0 Å². The SMILES string of the molecule is Cc1cc(F)ccc1NC(=O)c1cc(C(F)(F)F)cc(C(F)(F)F)c1. The molecule has 0 aliphatic heterocycles. The Kier molecular flexibility index (Phi) is 4.79. The number of rotatable bonds is 2. The van der Waals surface area contributed by atoms with Crippen LogP contribution in [0.2, 0.25) is 0 Å². The molecule has 9 heteroatoms. The van der Waals surface area contributed by atoms with E-state index in [1.165, 1.54) is 6.92 Å². The fourth-order valence-electron chi connectivity index (χ4n) is 2.05. The fourth-order valence-corrected chi connectivity index (χ4v) is 2.05. The number of amides is 1. The molecule has 2 aromatic carbocycles. The first-order valence-corrected chi connectivity index (χ1v) is 6.75. The number of carbonyl (C=O) groups is 1. The summed E-state index contributed by atoms with van der Waals surface area (Å²) in [6, 6.07) is 3.78. The summed E-state index contributed by atoms with van der Waals surface area (Å²) in [5.74, 6) is -1.78. The van der Waals surface area contributed by atoms with E-state index in [0.29, 0.717) is 12.1 Å². The molecule has 0 aromatic heterocycles. The summed E-state index contributed by atoms with van der Waals surface area (Å²) in [5, 5.41) is 2.17. The Morgan fingerprint density at radius 1 is 0.880 bits per heavy atom. The highest BCUT2D eigenvalue weighted by Gasteiger charge is 2.37. The first-order valence-electron chi connectivity index (χ1n) is 6.75. The third-order valence-corrected chi connectivity index (χ3v) is 3.29. The topological polar surface area (TPSA) is 29.1 Å². The van der Waals surface area contributed by atoms with Gasteiger partial charge >= 0.3 is 12.4 Å². The molecule has 0 heterocycles. The van der Waals surface area contributed by atoms with Crippen LogP contribution in [-0.4, -0.2) is 5.91 Å². The third-order valence-electron chi connectivity index (χ3n) is 3.29. The van der Waals surface area contributed by atoms with Gasteiger partial charge in [0.05, 0.1) is 11.1 Å². The average Bonchev–Trinajstić information content (AvgIpc) is 2.47. The molecule has 0 aliphatic carbocycles. The van der Waals surface area contributed by atoms with E-state index in [2.05, 4.69) is 5.32 Å². The molecule has 0 saturated heterocycles. The number of benzene rings is 2. The van der Waals surface area contributed by atoms with Crippen molar-refractivity contribution in [3.8, 4) is 0 Å². The van der Waals surface area contributed by atoms with Crippen molar-refractivity contribution >= 4 is 11.6 Å². The van der Waals surface area contributed by atoms with E-state index in [1.807, 2.05) is 0 Å². The summed E-state index contributed by atoms with van der Waals surface area (Å²) in [4.78, 5) is 12.1. The number of alkyl halides is 6. The lowest BCUT2D eigenvalue weighted by molar-refractivity contribution is -0.143. The van der Waals surface area contributed by atoms with Gasteiger partial charge in [0.15, 0.2) is 0 Å². The van der Waals surface area contributed by atoms with Crippen LogP contribution in [-0.2, 0) is 12.4 Å². The van der Waals surface area contributed by atoms with Gasteiger partial charge in [-0.05, 0) is 48.9 Å². The van der Waals surface area contributed by atoms with Gasteiger partial charge in [0.25, 0.3) is 5.91 Å². The first kappa shape index (κ1) is 18.8. The quantitative estimate of drug-likeness (QED) is 0.707. The molecule has 1 N–H and O–H groups in total. The minimum absolute atomic E-state index is 0.0670. The van der Waals surface area contributed by atoms with Gasteiger partial charge in [0.1, 0.15) is 5.82 Å². The van der Waals surface area contributed by atoms with Crippen LogP contribution in [0.15, 0.2) is 36.4 Å². The predicted octanol–water partition coefficient (Wildman–Crippen LogP) is 5.42. The Balaban J connectivity index is 2.44. The van der Waals surface area contributed by atoms with Crippen LogP contribution in [0.4, 0.5) is 36.4 Å². The van der Waals surface area contributed by atoms with Crippen molar-refractivity contribution in [2.75, 3.05) is 5.32 Å². The lowest BCUT2D eigenvalue weighted by Gasteiger charge is -2.14. The Bertz CT molecular complexity index is 777. The van der Waals surface area contributed by atoms with Crippen molar-refractivity contribution < 1.29 is 35.5 Å². The summed E-state index contributed by atoms with van der Waals surface area (Å²) in [7, 11) is 0. The van der Waals surface area contributed by atoms with Crippen LogP contribution in [0, 0.1) is 12.7 Å². The molecule has 25 heavy (non-hydrogen) atoms. The number of halogens is 7. The molecule has 0 aliphatic rings. The number of anilines is 1. The van der Waals surface area contributed by atoms with Gasteiger partial charge in [0.2, 0.25) is 0 Å². The van der Waals surface area contributed by atoms with Crippen LogP contribution in [0.1, 0.15) is 27.0 Å². The van der Waals surface area contributed by atoms with Crippen molar-refractivity contribution in [3.63, 3.8) is 0 Å². The van der Waals surface area contributed by atoms with E-state index in [9.17, 15) is 35.5 Å². The molecule has 1 amide bonds. The van der Waals surface area contributed by atoms with Crippen molar-refractivity contribution in [1.29, 1.82) is 0 Å². The lowest BCUT2D eigenvalue weighted by Crippen LogP contribution is -2.17.